The number of alkyl halides is 3. The minimum Gasteiger partial charge on any atom is -0.869 e. The van der Waals surface area contributed by atoms with Crippen LogP contribution in [0.5, 0.6) is 0 Å². The van der Waals surface area contributed by atoms with Gasteiger partial charge in [0.05, 0.1) is 10.2 Å². The van der Waals surface area contributed by atoms with Gasteiger partial charge >= 0.3 is 6.18 Å². The van der Waals surface area contributed by atoms with Gasteiger partial charge in [0.25, 0.3) is 0 Å². The maximum absolute atomic E-state index is 12.5. The third kappa shape index (κ3) is 4.17. The third-order valence-electron chi connectivity index (χ3n) is 4.56. The van der Waals surface area contributed by atoms with Crippen LogP contribution in [0.2, 0.25) is 0 Å². The number of aromatic nitrogens is 1. The lowest BCUT2D eigenvalue weighted by Crippen LogP contribution is -2.22. The van der Waals surface area contributed by atoms with Crippen LogP contribution in [0.25, 0.3) is 16.3 Å². The van der Waals surface area contributed by atoms with Crippen molar-refractivity contribution >= 4 is 27.6 Å². The van der Waals surface area contributed by atoms with E-state index in [1.807, 2.05) is 78.9 Å². The van der Waals surface area contributed by atoms with E-state index in [1.165, 1.54) is 0 Å². The normalized spacial score (nSPS) is 12.6. The topological polar surface area (TPSA) is 36.0 Å². The number of rotatable bonds is 4. The molecule has 1 aromatic heterocycles. The lowest BCUT2D eigenvalue weighted by molar-refractivity contribution is -0.357. The average molecular weight is 410 g/mol. The summed E-state index contributed by atoms with van der Waals surface area (Å²) in [5, 5.41) is 11.3. The van der Waals surface area contributed by atoms with E-state index in [0.717, 1.165) is 32.7 Å². The standard InChI is InChI=1S/C23H16F3NOS/c24-23(25,26)20(28)14-21-27-18-13-17(11-12-19(18)29-21)22(15-7-3-1-4-8-15)16-9-5-2-6-10-16/h1-14,22,28H/p-1/b20-14-. The molecule has 29 heavy (non-hydrogen) atoms. The Bertz CT molecular complexity index is 1110. The van der Waals surface area contributed by atoms with E-state index in [9.17, 15) is 18.3 Å². The fourth-order valence-corrected chi connectivity index (χ4v) is 4.15. The molecule has 0 bridgehead atoms. The van der Waals surface area contributed by atoms with E-state index in [0.29, 0.717) is 11.6 Å². The molecule has 0 aliphatic heterocycles. The summed E-state index contributed by atoms with van der Waals surface area (Å²) in [6, 6.07) is 25.7. The predicted octanol–water partition coefficient (Wildman–Crippen LogP) is 5.74. The Balaban J connectivity index is 1.79. The first kappa shape index (κ1) is 19.2. The summed E-state index contributed by atoms with van der Waals surface area (Å²) in [7, 11) is 0. The van der Waals surface area contributed by atoms with Gasteiger partial charge in [-0.1, -0.05) is 66.7 Å². The SMILES string of the molecule is [O-]/C(=C\c1nc2cc(C(c3ccccc3)c3ccccc3)ccc2s1)C(F)(F)F. The van der Waals surface area contributed by atoms with Crippen molar-refractivity contribution in [1.82, 2.24) is 4.98 Å². The zero-order valence-corrected chi connectivity index (χ0v) is 15.9. The Labute approximate surface area is 169 Å². The van der Waals surface area contributed by atoms with Crippen molar-refractivity contribution < 1.29 is 18.3 Å². The van der Waals surface area contributed by atoms with Gasteiger partial charge in [-0.25, -0.2) is 4.98 Å². The summed E-state index contributed by atoms with van der Waals surface area (Å²) in [5.41, 5.74) is 3.76. The molecule has 6 heteroatoms. The van der Waals surface area contributed by atoms with Crippen LogP contribution in [0.4, 0.5) is 13.2 Å². The molecule has 0 aliphatic rings. The molecule has 0 N–H and O–H groups in total. The fourth-order valence-electron chi connectivity index (χ4n) is 3.27. The van der Waals surface area contributed by atoms with Crippen LogP contribution in [0, 0.1) is 0 Å². The maximum atomic E-state index is 12.5. The first-order valence-corrected chi connectivity index (χ1v) is 9.70. The lowest BCUT2D eigenvalue weighted by atomic mass is 9.85. The minimum atomic E-state index is -4.89. The zero-order valence-electron chi connectivity index (χ0n) is 15.1. The Morgan fingerprint density at radius 3 is 2.00 bits per heavy atom. The molecule has 0 atom stereocenters. The highest BCUT2D eigenvalue weighted by atomic mass is 32.1. The predicted molar refractivity (Wildman–Crippen MR) is 107 cm³/mol. The van der Waals surface area contributed by atoms with Crippen LogP contribution in [0.3, 0.4) is 0 Å². The largest absolute Gasteiger partial charge is 0.869 e. The molecule has 0 spiro atoms. The number of benzene rings is 3. The van der Waals surface area contributed by atoms with Crippen molar-refractivity contribution in [2.24, 2.45) is 0 Å². The van der Waals surface area contributed by atoms with E-state index in [1.54, 1.807) is 0 Å². The van der Waals surface area contributed by atoms with Crippen molar-refractivity contribution in [3.8, 4) is 0 Å². The Morgan fingerprint density at radius 2 is 1.45 bits per heavy atom. The molecule has 0 radical (unpaired) electrons. The molecular weight excluding hydrogens is 395 g/mol. The van der Waals surface area contributed by atoms with Gasteiger partial charge in [0.1, 0.15) is 5.01 Å². The van der Waals surface area contributed by atoms with Crippen molar-refractivity contribution in [3.05, 3.63) is 106 Å². The Hall–Kier alpha value is -3.12. The molecule has 0 saturated heterocycles. The van der Waals surface area contributed by atoms with E-state index < -0.39 is 11.9 Å². The lowest BCUT2D eigenvalue weighted by Gasteiger charge is -2.18. The molecular formula is C23H15F3NOS-. The number of fused-ring (bicyclic) bond motifs is 1. The minimum absolute atomic E-state index is 0.0345. The Morgan fingerprint density at radius 1 is 0.862 bits per heavy atom. The quantitative estimate of drug-likeness (QED) is 0.318. The second kappa shape index (κ2) is 7.72. The smallest absolute Gasteiger partial charge is 0.402 e. The maximum Gasteiger partial charge on any atom is 0.402 e. The Kier molecular flexibility index (Phi) is 5.11. The van der Waals surface area contributed by atoms with Crippen LogP contribution in [0.1, 0.15) is 27.6 Å². The van der Waals surface area contributed by atoms with E-state index in [4.69, 9.17) is 0 Å². The average Bonchev–Trinajstić information content (AvgIpc) is 3.11. The zero-order chi connectivity index (χ0) is 20.4. The van der Waals surface area contributed by atoms with Crippen LogP contribution >= 0.6 is 11.3 Å². The van der Waals surface area contributed by atoms with Gasteiger partial charge in [0.2, 0.25) is 0 Å². The molecule has 1 heterocycles. The number of thiazole rings is 1. The van der Waals surface area contributed by atoms with Gasteiger partial charge in [-0.05, 0) is 40.7 Å². The van der Waals surface area contributed by atoms with Crippen molar-refractivity contribution in [3.63, 3.8) is 0 Å². The van der Waals surface area contributed by atoms with Gasteiger partial charge < -0.3 is 5.11 Å². The van der Waals surface area contributed by atoms with Gasteiger partial charge in [0.15, 0.2) is 0 Å². The molecule has 0 unspecified atom stereocenters. The monoisotopic (exact) mass is 410 g/mol. The van der Waals surface area contributed by atoms with E-state index in [-0.39, 0.29) is 10.9 Å². The first-order chi connectivity index (χ1) is 13.9. The first-order valence-electron chi connectivity index (χ1n) is 8.88. The molecule has 0 amide bonds. The summed E-state index contributed by atoms with van der Waals surface area (Å²) in [4.78, 5) is 4.24. The van der Waals surface area contributed by atoms with Gasteiger partial charge in [-0.2, -0.15) is 13.2 Å². The highest BCUT2D eigenvalue weighted by Gasteiger charge is 2.26. The molecule has 0 saturated carbocycles. The summed E-state index contributed by atoms with van der Waals surface area (Å²) < 4.78 is 38.3. The van der Waals surface area contributed by atoms with Crippen LogP contribution in [-0.4, -0.2) is 11.2 Å². The van der Waals surface area contributed by atoms with Gasteiger partial charge in [-0.3, -0.25) is 0 Å². The second-order valence-corrected chi connectivity index (χ2v) is 7.60. The van der Waals surface area contributed by atoms with E-state index >= 15 is 0 Å². The number of allylic oxidation sites excluding steroid dienone is 1. The second-order valence-electron chi connectivity index (χ2n) is 6.54. The number of halogens is 3. The van der Waals surface area contributed by atoms with Crippen molar-refractivity contribution in [2.45, 2.75) is 12.1 Å². The van der Waals surface area contributed by atoms with Gasteiger partial charge in [0, 0.05) is 5.92 Å². The number of hydrogen-bond donors (Lipinski definition) is 0. The van der Waals surface area contributed by atoms with Gasteiger partial charge in [-0.15, -0.1) is 11.3 Å². The van der Waals surface area contributed by atoms with Crippen LogP contribution in [-0.2, 0) is 0 Å². The molecule has 0 aliphatic carbocycles. The summed E-state index contributed by atoms with van der Waals surface area (Å²) >= 11 is 1.07. The van der Waals surface area contributed by atoms with Crippen LogP contribution < -0.4 is 5.11 Å². The third-order valence-corrected chi connectivity index (χ3v) is 5.54. The highest BCUT2D eigenvalue weighted by molar-refractivity contribution is 7.19. The van der Waals surface area contributed by atoms with Crippen LogP contribution in [0.15, 0.2) is 84.6 Å². The fraction of sp³-hybridized carbons (Fsp3) is 0.0870. The highest BCUT2D eigenvalue weighted by Crippen LogP contribution is 2.35. The number of hydrogen-bond acceptors (Lipinski definition) is 3. The van der Waals surface area contributed by atoms with Crippen molar-refractivity contribution in [1.29, 1.82) is 0 Å². The van der Waals surface area contributed by atoms with Crippen molar-refractivity contribution in [2.75, 3.05) is 0 Å². The molecule has 3 aromatic carbocycles. The molecule has 4 rings (SSSR count). The molecule has 0 fully saturated rings. The molecule has 4 aromatic rings. The number of nitrogens with zero attached hydrogens (tertiary/aromatic N) is 1. The summed E-state index contributed by atoms with van der Waals surface area (Å²) in [6.07, 6.45) is -4.34. The van der Waals surface area contributed by atoms with E-state index in [2.05, 4.69) is 4.98 Å². The summed E-state index contributed by atoms with van der Waals surface area (Å²) in [6.45, 7) is 0. The molecule has 146 valence electrons. The molecule has 2 nitrogen and oxygen atoms in total. The summed E-state index contributed by atoms with van der Waals surface area (Å²) in [5.74, 6) is -1.93.